The van der Waals surface area contributed by atoms with Gasteiger partial charge in [0.1, 0.15) is 12.2 Å². The third kappa shape index (κ3) is 8.40. The fraction of sp³-hybridized carbons (Fsp3) is 0.955. The standard InChI is InChI=1S/C22H43NO6/c1-10-22(8,17(24)29-23-9)14-20(4,5)12-16-15(27-18(25)28-16)11-19(2,3)13-21(6,7)26/h15-17,23-24,26H,10-14H2,1-9H3. The number of carbonyl (C=O) groups excluding carboxylic acids is 1. The lowest BCUT2D eigenvalue weighted by molar-refractivity contribution is -0.210. The zero-order chi connectivity index (χ0) is 22.7. The van der Waals surface area contributed by atoms with Crippen molar-refractivity contribution in [2.24, 2.45) is 16.2 Å². The normalized spacial score (nSPS) is 24.0. The predicted octanol–water partition coefficient (Wildman–Crippen LogP) is 4.16. The highest BCUT2D eigenvalue weighted by molar-refractivity contribution is 5.62. The van der Waals surface area contributed by atoms with Crippen LogP contribution in [0.25, 0.3) is 0 Å². The molecule has 4 atom stereocenters. The van der Waals surface area contributed by atoms with Crippen molar-refractivity contribution < 1.29 is 29.3 Å². The lowest BCUT2D eigenvalue weighted by atomic mass is 9.68. The molecule has 7 heteroatoms. The highest BCUT2D eigenvalue weighted by atomic mass is 16.8. The Balaban J connectivity index is 2.88. The van der Waals surface area contributed by atoms with E-state index in [0.29, 0.717) is 25.7 Å². The molecule has 0 saturated carbocycles. The highest BCUT2D eigenvalue weighted by Gasteiger charge is 2.45. The molecule has 1 saturated heterocycles. The number of carbonyl (C=O) groups is 1. The Morgan fingerprint density at radius 1 is 1.00 bits per heavy atom. The minimum absolute atomic E-state index is 0.214. The minimum atomic E-state index is -0.944. The maximum atomic E-state index is 11.9. The molecule has 29 heavy (non-hydrogen) atoms. The number of aliphatic hydroxyl groups excluding tert-OH is 1. The molecule has 1 aliphatic heterocycles. The summed E-state index contributed by atoms with van der Waals surface area (Å²) in [5.41, 5.74) is 0.877. The second-order valence-corrected chi connectivity index (χ2v) is 11.1. The van der Waals surface area contributed by atoms with E-state index in [1.54, 1.807) is 20.9 Å². The first-order chi connectivity index (χ1) is 13.0. The van der Waals surface area contributed by atoms with Crippen molar-refractivity contribution in [3.05, 3.63) is 0 Å². The van der Waals surface area contributed by atoms with E-state index in [1.807, 2.05) is 13.8 Å². The van der Waals surface area contributed by atoms with Crippen molar-refractivity contribution in [3.63, 3.8) is 0 Å². The van der Waals surface area contributed by atoms with Gasteiger partial charge in [0, 0.05) is 12.5 Å². The predicted molar refractivity (Wildman–Crippen MR) is 112 cm³/mol. The monoisotopic (exact) mass is 417 g/mol. The highest BCUT2D eigenvalue weighted by Crippen LogP contribution is 2.44. The lowest BCUT2D eigenvalue weighted by Gasteiger charge is -2.41. The van der Waals surface area contributed by atoms with Crippen molar-refractivity contribution in [1.29, 1.82) is 0 Å². The minimum Gasteiger partial charge on any atom is -0.427 e. The SMILES string of the molecule is CCC(C)(CC(C)(C)CC1OC(=O)OC1CC(C)(C)CC(C)(C)O)C(O)ONC. The van der Waals surface area contributed by atoms with Gasteiger partial charge in [-0.3, -0.25) is 4.84 Å². The van der Waals surface area contributed by atoms with Gasteiger partial charge in [0.2, 0.25) is 0 Å². The zero-order valence-electron chi connectivity index (χ0n) is 19.8. The number of hydroxylamine groups is 1. The molecule has 7 nitrogen and oxygen atoms in total. The second-order valence-electron chi connectivity index (χ2n) is 11.1. The molecule has 0 aromatic carbocycles. The van der Waals surface area contributed by atoms with Gasteiger partial charge in [-0.25, -0.2) is 10.3 Å². The first kappa shape index (κ1) is 26.1. The summed E-state index contributed by atoms with van der Waals surface area (Å²) in [4.78, 5) is 17.1. The van der Waals surface area contributed by atoms with Crippen LogP contribution in [0.2, 0.25) is 0 Å². The smallest absolute Gasteiger partial charge is 0.427 e. The van der Waals surface area contributed by atoms with Crippen molar-refractivity contribution in [2.75, 3.05) is 7.05 Å². The third-order valence-corrected chi connectivity index (χ3v) is 5.84. The van der Waals surface area contributed by atoms with Crippen LogP contribution in [0.5, 0.6) is 0 Å². The molecule has 1 aliphatic rings. The van der Waals surface area contributed by atoms with E-state index in [-0.39, 0.29) is 23.0 Å². The van der Waals surface area contributed by atoms with Crippen molar-refractivity contribution >= 4 is 6.16 Å². The third-order valence-electron chi connectivity index (χ3n) is 5.84. The molecule has 1 rings (SSSR count). The Morgan fingerprint density at radius 2 is 1.45 bits per heavy atom. The van der Waals surface area contributed by atoms with Gasteiger partial charge in [-0.2, -0.15) is 0 Å². The maximum absolute atomic E-state index is 11.9. The van der Waals surface area contributed by atoms with E-state index in [1.165, 1.54) is 0 Å². The molecular weight excluding hydrogens is 374 g/mol. The average molecular weight is 418 g/mol. The topological polar surface area (TPSA) is 97.3 Å². The van der Waals surface area contributed by atoms with Gasteiger partial charge in [0.15, 0.2) is 6.29 Å². The summed E-state index contributed by atoms with van der Waals surface area (Å²) in [6.45, 7) is 16.0. The maximum Gasteiger partial charge on any atom is 0.509 e. The van der Waals surface area contributed by atoms with E-state index in [4.69, 9.17) is 14.3 Å². The summed E-state index contributed by atoms with van der Waals surface area (Å²) in [5, 5.41) is 20.6. The number of nitrogens with one attached hydrogen (secondary N) is 1. The Morgan fingerprint density at radius 3 is 1.83 bits per heavy atom. The zero-order valence-corrected chi connectivity index (χ0v) is 19.8. The van der Waals surface area contributed by atoms with Gasteiger partial charge in [-0.05, 0) is 56.8 Å². The van der Waals surface area contributed by atoms with Crippen LogP contribution in [0.15, 0.2) is 0 Å². The molecule has 0 spiro atoms. The summed E-state index contributed by atoms with van der Waals surface area (Å²) in [5.74, 6) is 0. The number of hydrogen-bond donors (Lipinski definition) is 3. The Kier molecular flexibility index (Phi) is 8.56. The average Bonchev–Trinajstić information content (AvgIpc) is 2.81. The molecule has 172 valence electrons. The summed E-state index contributed by atoms with van der Waals surface area (Å²) < 4.78 is 11.0. The Labute approximate surface area is 176 Å². The van der Waals surface area contributed by atoms with Crippen LogP contribution in [0, 0.1) is 16.2 Å². The van der Waals surface area contributed by atoms with Gasteiger partial charge in [-0.15, -0.1) is 0 Å². The molecule has 4 unspecified atom stereocenters. The summed E-state index contributed by atoms with van der Waals surface area (Å²) in [7, 11) is 1.62. The van der Waals surface area contributed by atoms with Crippen LogP contribution >= 0.6 is 0 Å². The van der Waals surface area contributed by atoms with Crippen molar-refractivity contribution in [1.82, 2.24) is 5.48 Å². The lowest BCUT2D eigenvalue weighted by Crippen LogP contribution is -2.42. The van der Waals surface area contributed by atoms with Crippen LogP contribution in [0.1, 0.15) is 87.5 Å². The molecule has 0 aliphatic carbocycles. The van der Waals surface area contributed by atoms with Gasteiger partial charge >= 0.3 is 6.16 Å². The number of aliphatic hydroxyl groups is 2. The van der Waals surface area contributed by atoms with Crippen LogP contribution in [0.3, 0.4) is 0 Å². The summed E-state index contributed by atoms with van der Waals surface area (Å²) >= 11 is 0. The van der Waals surface area contributed by atoms with E-state index in [2.05, 4.69) is 33.2 Å². The van der Waals surface area contributed by atoms with Crippen LogP contribution in [-0.4, -0.2) is 47.5 Å². The van der Waals surface area contributed by atoms with E-state index >= 15 is 0 Å². The van der Waals surface area contributed by atoms with Gasteiger partial charge in [0.05, 0.1) is 5.60 Å². The first-order valence-corrected chi connectivity index (χ1v) is 10.6. The van der Waals surface area contributed by atoms with Crippen LogP contribution < -0.4 is 5.48 Å². The molecular formula is C22H43NO6. The van der Waals surface area contributed by atoms with Crippen molar-refractivity contribution in [3.8, 4) is 0 Å². The molecule has 3 N–H and O–H groups in total. The molecule has 0 amide bonds. The fourth-order valence-corrected chi connectivity index (χ4v) is 4.91. The van der Waals surface area contributed by atoms with Crippen LogP contribution in [-0.2, 0) is 14.3 Å². The quantitative estimate of drug-likeness (QED) is 0.249. The largest absolute Gasteiger partial charge is 0.509 e. The second kappa shape index (κ2) is 9.50. The van der Waals surface area contributed by atoms with E-state index in [0.717, 1.165) is 6.42 Å². The van der Waals surface area contributed by atoms with E-state index < -0.39 is 23.5 Å². The fourth-order valence-electron chi connectivity index (χ4n) is 4.91. The van der Waals surface area contributed by atoms with Gasteiger partial charge in [-0.1, -0.05) is 41.5 Å². The number of hydrogen-bond acceptors (Lipinski definition) is 7. The number of ether oxygens (including phenoxy) is 2. The molecule has 0 aromatic rings. The summed E-state index contributed by atoms with van der Waals surface area (Å²) in [6.07, 6.45) is 0.949. The molecule has 1 heterocycles. The Bertz CT molecular complexity index is 542. The van der Waals surface area contributed by atoms with Gasteiger partial charge in [0.25, 0.3) is 0 Å². The van der Waals surface area contributed by atoms with Crippen molar-refractivity contribution in [2.45, 2.75) is 112 Å². The molecule has 0 aromatic heterocycles. The molecule has 0 radical (unpaired) electrons. The first-order valence-electron chi connectivity index (χ1n) is 10.6. The van der Waals surface area contributed by atoms with Gasteiger partial charge < -0.3 is 19.7 Å². The molecule has 1 fully saturated rings. The number of cyclic esters (lactones) is 2. The molecule has 0 bridgehead atoms. The van der Waals surface area contributed by atoms with E-state index in [9.17, 15) is 15.0 Å². The Hall–Kier alpha value is -0.890. The summed E-state index contributed by atoms with van der Waals surface area (Å²) in [6, 6.07) is 0. The van der Waals surface area contributed by atoms with Crippen LogP contribution in [0.4, 0.5) is 4.79 Å². The number of rotatable bonds is 12.